The third-order valence-corrected chi connectivity index (χ3v) is 5.61. The van der Waals surface area contributed by atoms with Gasteiger partial charge in [0.15, 0.2) is 0 Å². The highest BCUT2D eigenvalue weighted by molar-refractivity contribution is 5.76. The fourth-order valence-corrected chi connectivity index (χ4v) is 4.47. The lowest BCUT2D eigenvalue weighted by Gasteiger charge is -2.23. The summed E-state index contributed by atoms with van der Waals surface area (Å²) in [4.78, 5) is 12.3. The fourth-order valence-electron chi connectivity index (χ4n) is 4.47. The topological polar surface area (TPSA) is 29.1 Å². The molecular weight excluding hydrogens is 258 g/mol. The summed E-state index contributed by atoms with van der Waals surface area (Å²) in [5, 5.41) is 3.21. The van der Waals surface area contributed by atoms with Crippen molar-refractivity contribution in [3.63, 3.8) is 0 Å². The molecule has 2 nitrogen and oxygen atoms in total. The normalized spacial score (nSPS) is 28.6. The minimum Gasteiger partial charge on any atom is -0.350 e. The van der Waals surface area contributed by atoms with Crippen LogP contribution >= 0.6 is 0 Å². The lowest BCUT2D eigenvalue weighted by atomic mass is 9.86. The maximum Gasteiger partial charge on any atom is 0.220 e. The zero-order chi connectivity index (χ0) is 15.0. The van der Waals surface area contributed by atoms with Crippen LogP contribution < -0.4 is 5.32 Å². The van der Waals surface area contributed by atoms with Gasteiger partial charge in [-0.2, -0.15) is 0 Å². The van der Waals surface area contributed by atoms with Gasteiger partial charge in [0.2, 0.25) is 5.91 Å². The maximum atomic E-state index is 12.3. The van der Waals surface area contributed by atoms with Crippen molar-refractivity contribution in [2.45, 2.75) is 58.9 Å². The van der Waals surface area contributed by atoms with E-state index in [0.717, 1.165) is 18.3 Å². The highest BCUT2D eigenvalue weighted by atomic mass is 16.1. The summed E-state index contributed by atoms with van der Waals surface area (Å²) >= 11 is 0. The van der Waals surface area contributed by atoms with Crippen LogP contribution in [0.3, 0.4) is 0 Å². The molecule has 2 saturated carbocycles. The number of nitrogens with one attached hydrogen (secondary N) is 1. The number of amides is 1. The molecule has 3 rings (SSSR count). The zero-order valence-electron chi connectivity index (χ0n) is 13.5. The van der Waals surface area contributed by atoms with Crippen molar-refractivity contribution in [2.24, 2.45) is 17.8 Å². The van der Waals surface area contributed by atoms with Gasteiger partial charge >= 0.3 is 0 Å². The van der Waals surface area contributed by atoms with E-state index in [2.05, 4.69) is 44.3 Å². The third-order valence-electron chi connectivity index (χ3n) is 5.61. The van der Waals surface area contributed by atoms with E-state index in [4.69, 9.17) is 0 Å². The van der Waals surface area contributed by atoms with Crippen molar-refractivity contribution < 1.29 is 4.79 Å². The van der Waals surface area contributed by atoms with Crippen LogP contribution in [0.2, 0.25) is 0 Å². The second kappa shape index (κ2) is 5.82. The Labute approximate surface area is 128 Å². The average molecular weight is 285 g/mol. The Morgan fingerprint density at radius 2 is 2.10 bits per heavy atom. The number of benzene rings is 1. The number of aryl methyl sites for hydroxylation is 2. The van der Waals surface area contributed by atoms with Crippen molar-refractivity contribution in [1.82, 2.24) is 5.32 Å². The second-order valence-corrected chi connectivity index (χ2v) is 7.29. The summed E-state index contributed by atoms with van der Waals surface area (Å²) in [6.07, 6.45) is 6.16. The summed E-state index contributed by atoms with van der Waals surface area (Å²) < 4.78 is 0. The van der Waals surface area contributed by atoms with Gasteiger partial charge in [-0.25, -0.2) is 0 Å². The number of carbonyl (C=O) groups is 1. The standard InChI is InChI=1S/C19H27NO/c1-12-4-5-13(2)18(8-12)14(3)20-19(21)11-17-10-15-6-7-16(17)9-15/h4-5,8,14-17H,6-7,9-11H2,1-3H3,(H,20,21). The Balaban J connectivity index is 1.58. The molecule has 0 aromatic heterocycles. The Bertz CT molecular complexity index is 536. The van der Waals surface area contributed by atoms with Gasteiger partial charge in [0.1, 0.15) is 0 Å². The minimum atomic E-state index is 0.107. The van der Waals surface area contributed by atoms with Gasteiger partial charge in [-0.1, -0.05) is 30.2 Å². The molecule has 2 aliphatic rings. The van der Waals surface area contributed by atoms with Crippen LogP contribution in [-0.2, 0) is 4.79 Å². The number of hydrogen-bond acceptors (Lipinski definition) is 1. The van der Waals surface area contributed by atoms with E-state index >= 15 is 0 Å². The molecular formula is C19H27NO. The van der Waals surface area contributed by atoms with E-state index in [1.54, 1.807) is 0 Å². The van der Waals surface area contributed by atoms with E-state index in [1.807, 2.05) is 0 Å². The van der Waals surface area contributed by atoms with Crippen molar-refractivity contribution in [1.29, 1.82) is 0 Å². The van der Waals surface area contributed by atoms with Crippen LogP contribution in [0.1, 0.15) is 61.8 Å². The van der Waals surface area contributed by atoms with Crippen molar-refractivity contribution in [3.05, 3.63) is 34.9 Å². The third kappa shape index (κ3) is 3.14. The number of rotatable bonds is 4. The average Bonchev–Trinajstić information content (AvgIpc) is 3.03. The van der Waals surface area contributed by atoms with E-state index in [1.165, 1.54) is 42.4 Å². The molecule has 21 heavy (non-hydrogen) atoms. The van der Waals surface area contributed by atoms with Crippen molar-refractivity contribution in [3.8, 4) is 0 Å². The quantitative estimate of drug-likeness (QED) is 0.877. The van der Waals surface area contributed by atoms with Gasteiger partial charge in [-0.05, 0) is 68.9 Å². The molecule has 2 bridgehead atoms. The molecule has 1 amide bonds. The molecule has 0 saturated heterocycles. The first-order chi connectivity index (χ1) is 10.0. The summed E-state index contributed by atoms with van der Waals surface area (Å²) in [7, 11) is 0. The Morgan fingerprint density at radius 3 is 2.76 bits per heavy atom. The first-order valence-corrected chi connectivity index (χ1v) is 8.39. The monoisotopic (exact) mass is 285 g/mol. The maximum absolute atomic E-state index is 12.3. The molecule has 1 N–H and O–H groups in total. The minimum absolute atomic E-state index is 0.107. The molecule has 0 radical (unpaired) electrons. The highest BCUT2D eigenvalue weighted by Gasteiger charge is 2.40. The van der Waals surface area contributed by atoms with Gasteiger partial charge in [0, 0.05) is 6.42 Å². The van der Waals surface area contributed by atoms with Crippen LogP contribution in [0, 0.1) is 31.6 Å². The lowest BCUT2D eigenvalue weighted by Crippen LogP contribution is -2.30. The summed E-state index contributed by atoms with van der Waals surface area (Å²) in [5.41, 5.74) is 3.76. The molecule has 2 aliphatic carbocycles. The van der Waals surface area contributed by atoms with E-state index in [9.17, 15) is 4.79 Å². The molecule has 0 heterocycles. The second-order valence-electron chi connectivity index (χ2n) is 7.29. The number of hydrogen-bond donors (Lipinski definition) is 1. The van der Waals surface area contributed by atoms with Gasteiger partial charge in [-0.3, -0.25) is 4.79 Å². The smallest absolute Gasteiger partial charge is 0.220 e. The van der Waals surface area contributed by atoms with Crippen molar-refractivity contribution >= 4 is 5.91 Å². The summed E-state index contributed by atoms with van der Waals surface area (Å²) in [6, 6.07) is 6.57. The first kappa shape index (κ1) is 14.6. The Hall–Kier alpha value is -1.31. The zero-order valence-corrected chi connectivity index (χ0v) is 13.5. The molecule has 1 aromatic rings. The van der Waals surface area contributed by atoms with Crippen LogP contribution in [0.25, 0.3) is 0 Å². The van der Waals surface area contributed by atoms with Crippen LogP contribution in [0.15, 0.2) is 18.2 Å². The molecule has 2 fully saturated rings. The molecule has 114 valence electrons. The number of fused-ring (bicyclic) bond motifs is 2. The van der Waals surface area contributed by atoms with Gasteiger partial charge in [-0.15, -0.1) is 0 Å². The van der Waals surface area contributed by atoms with E-state index in [-0.39, 0.29) is 11.9 Å². The summed E-state index contributed by atoms with van der Waals surface area (Å²) in [6.45, 7) is 6.32. The molecule has 0 spiro atoms. The van der Waals surface area contributed by atoms with Gasteiger partial charge < -0.3 is 5.32 Å². The fraction of sp³-hybridized carbons (Fsp3) is 0.632. The predicted molar refractivity (Wildman–Crippen MR) is 86.0 cm³/mol. The highest BCUT2D eigenvalue weighted by Crippen LogP contribution is 2.49. The Kier molecular flexibility index (Phi) is 4.05. The van der Waals surface area contributed by atoms with Gasteiger partial charge in [0.25, 0.3) is 0 Å². The SMILES string of the molecule is Cc1ccc(C)c(C(C)NC(=O)CC2CC3CCC2C3)c1. The van der Waals surface area contributed by atoms with E-state index in [0.29, 0.717) is 5.92 Å². The Morgan fingerprint density at radius 1 is 1.29 bits per heavy atom. The lowest BCUT2D eigenvalue weighted by molar-refractivity contribution is -0.123. The van der Waals surface area contributed by atoms with Crippen LogP contribution in [0.4, 0.5) is 0 Å². The van der Waals surface area contributed by atoms with Crippen molar-refractivity contribution in [2.75, 3.05) is 0 Å². The molecule has 2 heteroatoms. The first-order valence-electron chi connectivity index (χ1n) is 8.39. The molecule has 4 unspecified atom stereocenters. The molecule has 1 aromatic carbocycles. The van der Waals surface area contributed by atoms with Crippen LogP contribution in [0.5, 0.6) is 0 Å². The van der Waals surface area contributed by atoms with Gasteiger partial charge in [0.05, 0.1) is 6.04 Å². The number of carbonyl (C=O) groups excluding carboxylic acids is 1. The predicted octanol–water partition coefficient (Wildman–Crippen LogP) is 4.31. The summed E-state index contributed by atoms with van der Waals surface area (Å²) in [5.74, 6) is 2.64. The van der Waals surface area contributed by atoms with Crippen LogP contribution in [-0.4, -0.2) is 5.91 Å². The van der Waals surface area contributed by atoms with E-state index < -0.39 is 0 Å². The molecule has 0 aliphatic heterocycles. The largest absolute Gasteiger partial charge is 0.350 e. The molecule has 4 atom stereocenters.